The summed E-state index contributed by atoms with van der Waals surface area (Å²) >= 11 is 0. The standard InChI is InChI=1S/C18H26F3N3O3.HI/c1-22-17(23-8-2-9-26-16-7-10-25-12-16)24-11-14-3-5-15(6-4-14)27-13-18(19,20)21;/h3-6,16H,2,7-13H2,1H3,(H2,22,23,24);1H. The van der Waals surface area contributed by atoms with Crippen molar-refractivity contribution in [3.05, 3.63) is 29.8 Å². The van der Waals surface area contributed by atoms with E-state index in [2.05, 4.69) is 20.4 Å². The third kappa shape index (κ3) is 10.3. The van der Waals surface area contributed by atoms with Crippen LogP contribution in [-0.2, 0) is 16.0 Å². The number of alkyl halides is 3. The van der Waals surface area contributed by atoms with Crippen LogP contribution in [0.1, 0.15) is 18.4 Å². The maximum absolute atomic E-state index is 12.1. The summed E-state index contributed by atoms with van der Waals surface area (Å²) in [7, 11) is 1.68. The van der Waals surface area contributed by atoms with E-state index in [1.807, 2.05) is 0 Å². The Morgan fingerprint density at radius 1 is 1.25 bits per heavy atom. The summed E-state index contributed by atoms with van der Waals surface area (Å²) in [4.78, 5) is 4.14. The molecule has 6 nitrogen and oxygen atoms in total. The molecule has 28 heavy (non-hydrogen) atoms. The molecule has 1 aromatic rings. The number of benzene rings is 1. The number of nitrogens with zero attached hydrogens (tertiary/aromatic N) is 1. The molecule has 1 aliphatic heterocycles. The van der Waals surface area contributed by atoms with Gasteiger partial charge in [-0.05, 0) is 30.5 Å². The van der Waals surface area contributed by atoms with E-state index in [1.54, 1.807) is 19.2 Å². The van der Waals surface area contributed by atoms with E-state index in [1.165, 1.54) is 12.1 Å². The van der Waals surface area contributed by atoms with Gasteiger partial charge in [0.1, 0.15) is 5.75 Å². The first-order chi connectivity index (χ1) is 13.0. The molecule has 0 saturated carbocycles. The minimum absolute atomic E-state index is 0. The van der Waals surface area contributed by atoms with E-state index < -0.39 is 12.8 Å². The zero-order valence-corrected chi connectivity index (χ0v) is 18.1. The van der Waals surface area contributed by atoms with Crippen molar-refractivity contribution >= 4 is 29.9 Å². The predicted octanol–water partition coefficient (Wildman–Crippen LogP) is 3.11. The third-order valence-corrected chi connectivity index (χ3v) is 3.86. The van der Waals surface area contributed by atoms with Crippen molar-refractivity contribution in [3.8, 4) is 5.75 Å². The van der Waals surface area contributed by atoms with Gasteiger partial charge in [0, 0.05) is 33.4 Å². The highest BCUT2D eigenvalue weighted by atomic mass is 127. The molecule has 0 spiro atoms. The number of rotatable bonds is 9. The number of ether oxygens (including phenoxy) is 3. The van der Waals surface area contributed by atoms with Gasteiger partial charge in [0.15, 0.2) is 12.6 Å². The molecule has 2 rings (SSSR count). The summed E-state index contributed by atoms with van der Waals surface area (Å²) in [5.74, 6) is 0.836. The highest BCUT2D eigenvalue weighted by Gasteiger charge is 2.28. The van der Waals surface area contributed by atoms with Crippen molar-refractivity contribution < 1.29 is 27.4 Å². The molecule has 1 atom stereocenters. The van der Waals surface area contributed by atoms with Crippen molar-refractivity contribution in [2.75, 3.05) is 40.0 Å². The van der Waals surface area contributed by atoms with Crippen LogP contribution in [0.2, 0.25) is 0 Å². The molecule has 10 heteroatoms. The molecule has 0 amide bonds. The van der Waals surface area contributed by atoms with E-state index >= 15 is 0 Å². The molecule has 0 radical (unpaired) electrons. The molecule has 1 saturated heterocycles. The lowest BCUT2D eigenvalue weighted by Gasteiger charge is -2.13. The van der Waals surface area contributed by atoms with E-state index in [0.29, 0.717) is 25.7 Å². The Morgan fingerprint density at radius 2 is 2.00 bits per heavy atom. The van der Waals surface area contributed by atoms with E-state index in [4.69, 9.17) is 9.47 Å². The fraction of sp³-hybridized carbons (Fsp3) is 0.611. The number of guanidine groups is 1. The van der Waals surface area contributed by atoms with Crippen molar-refractivity contribution in [1.29, 1.82) is 0 Å². The van der Waals surface area contributed by atoms with Crippen LogP contribution in [0.15, 0.2) is 29.3 Å². The van der Waals surface area contributed by atoms with Gasteiger partial charge in [0.2, 0.25) is 0 Å². The molecule has 0 aliphatic carbocycles. The monoisotopic (exact) mass is 517 g/mol. The van der Waals surface area contributed by atoms with Crippen LogP contribution < -0.4 is 15.4 Å². The Morgan fingerprint density at radius 3 is 2.61 bits per heavy atom. The highest BCUT2D eigenvalue weighted by molar-refractivity contribution is 14.0. The second kappa shape index (κ2) is 13.0. The van der Waals surface area contributed by atoms with Crippen LogP contribution in [0.4, 0.5) is 13.2 Å². The van der Waals surface area contributed by atoms with Gasteiger partial charge in [0.05, 0.1) is 12.7 Å². The van der Waals surface area contributed by atoms with Crippen LogP contribution in [0, 0.1) is 0 Å². The van der Waals surface area contributed by atoms with Gasteiger partial charge in [-0.2, -0.15) is 13.2 Å². The molecule has 0 aromatic heterocycles. The zero-order valence-electron chi connectivity index (χ0n) is 15.8. The molecule has 0 bridgehead atoms. The largest absolute Gasteiger partial charge is 0.484 e. The smallest absolute Gasteiger partial charge is 0.422 e. The molecular weight excluding hydrogens is 490 g/mol. The lowest BCUT2D eigenvalue weighted by molar-refractivity contribution is -0.153. The SMILES string of the molecule is CN=C(NCCCOC1CCOC1)NCc1ccc(OCC(F)(F)F)cc1.I. The first-order valence-corrected chi connectivity index (χ1v) is 8.88. The maximum atomic E-state index is 12.1. The fourth-order valence-electron chi connectivity index (χ4n) is 2.45. The van der Waals surface area contributed by atoms with Crippen LogP contribution in [-0.4, -0.2) is 58.3 Å². The first kappa shape index (κ1) is 24.8. The lowest BCUT2D eigenvalue weighted by Crippen LogP contribution is -2.37. The zero-order chi connectivity index (χ0) is 19.5. The van der Waals surface area contributed by atoms with Crippen molar-refractivity contribution in [2.24, 2.45) is 4.99 Å². The minimum Gasteiger partial charge on any atom is -0.484 e. The topological polar surface area (TPSA) is 64.1 Å². The van der Waals surface area contributed by atoms with E-state index in [0.717, 1.165) is 31.6 Å². The summed E-state index contributed by atoms with van der Waals surface area (Å²) in [6.45, 7) is 2.04. The maximum Gasteiger partial charge on any atom is 0.422 e. The predicted molar refractivity (Wildman–Crippen MR) is 111 cm³/mol. The minimum atomic E-state index is -4.34. The summed E-state index contributed by atoms with van der Waals surface area (Å²) in [5, 5.41) is 6.34. The highest BCUT2D eigenvalue weighted by Crippen LogP contribution is 2.18. The van der Waals surface area contributed by atoms with Gasteiger partial charge in [-0.25, -0.2) is 0 Å². The Balaban J connectivity index is 0.00000392. The Labute approximate surface area is 180 Å². The molecule has 1 heterocycles. The Kier molecular flexibility index (Phi) is 11.5. The molecule has 160 valence electrons. The van der Waals surface area contributed by atoms with Crippen molar-refractivity contribution in [1.82, 2.24) is 10.6 Å². The van der Waals surface area contributed by atoms with E-state index in [-0.39, 0.29) is 35.8 Å². The molecule has 1 aliphatic rings. The fourth-order valence-corrected chi connectivity index (χ4v) is 2.45. The van der Waals surface area contributed by atoms with Crippen LogP contribution in [0.25, 0.3) is 0 Å². The summed E-state index contributed by atoms with van der Waals surface area (Å²) in [6, 6.07) is 6.46. The van der Waals surface area contributed by atoms with E-state index in [9.17, 15) is 13.2 Å². The van der Waals surface area contributed by atoms with Gasteiger partial charge < -0.3 is 24.8 Å². The Bertz CT molecular complexity index is 580. The van der Waals surface area contributed by atoms with Gasteiger partial charge in [-0.15, -0.1) is 24.0 Å². The number of hydrogen-bond acceptors (Lipinski definition) is 4. The summed E-state index contributed by atoms with van der Waals surface area (Å²) in [6.07, 6.45) is -2.32. The second-order valence-corrected chi connectivity index (χ2v) is 6.11. The average molecular weight is 517 g/mol. The first-order valence-electron chi connectivity index (χ1n) is 8.88. The molecule has 2 N–H and O–H groups in total. The van der Waals surface area contributed by atoms with Gasteiger partial charge >= 0.3 is 6.18 Å². The molecular formula is C18H27F3IN3O3. The summed E-state index contributed by atoms with van der Waals surface area (Å²) in [5.41, 5.74) is 0.905. The van der Waals surface area contributed by atoms with Crippen molar-refractivity contribution in [3.63, 3.8) is 0 Å². The number of halogens is 4. The summed E-state index contributed by atoms with van der Waals surface area (Å²) < 4.78 is 52.0. The third-order valence-electron chi connectivity index (χ3n) is 3.86. The second-order valence-electron chi connectivity index (χ2n) is 6.11. The van der Waals surface area contributed by atoms with Crippen LogP contribution in [0.3, 0.4) is 0 Å². The number of aliphatic imine (C=N–C) groups is 1. The lowest BCUT2D eigenvalue weighted by atomic mass is 10.2. The van der Waals surface area contributed by atoms with Gasteiger partial charge in [0.25, 0.3) is 0 Å². The molecule has 1 fully saturated rings. The van der Waals surface area contributed by atoms with Crippen LogP contribution >= 0.6 is 24.0 Å². The molecule has 1 unspecified atom stereocenters. The molecule has 1 aromatic carbocycles. The number of nitrogens with one attached hydrogen (secondary N) is 2. The van der Waals surface area contributed by atoms with Crippen LogP contribution in [0.5, 0.6) is 5.75 Å². The average Bonchev–Trinajstić information content (AvgIpc) is 3.16. The van der Waals surface area contributed by atoms with Gasteiger partial charge in [-0.1, -0.05) is 12.1 Å². The van der Waals surface area contributed by atoms with Crippen molar-refractivity contribution in [2.45, 2.75) is 31.7 Å². The van der Waals surface area contributed by atoms with Gasteiger partial charge in [-0.3, -0.25) is 4.99 Å². The quantitative estimate of drug-likeness (QED) is 0.228. The Hall–Kier alpha value is -1.27. The number of hydrogen-bond donors (Lipinski definition) is 2. The normalized spacial score (nSPS) is 17.1.